The molecule has 1 saturated heterocycles. The number of carbonyl (C=O) groups excluding carboxylic acids is 2. The number of nitrogens with one attached hydrogen (secondary N) is 3. The molecule has 0 saturated carbocycles. The number of fused-ring (bicyclic) bond motifs is 3. The van der Waals surface area contributed by atoms with Gasteiger partial charge in [0.05, 0.1) is 38.5 Å². The van der Waals surface area contributed by atoms with Gasteiger partial charge in [-0.05, 0) is 44.5 Å². The first kappa shape index (κ1) is 30.2. The van der Waals surface area contributed by atoms with E-state index in [2.05, 4.69) is 30.8 Å². The fourth-order valence-corrected chi connectivity index (χ4v) is 4.86. The Labute approximate surface area is 248 Å². The predicted octanol–water partition coefficient (Wildman–Crippen LogP) is 2.58. The third-order valence-electron chi connectivity index (χ3n) is 7.39. The number of halogens is 1. The molecule has 4 heterocycles. The van der Waals surface area contributed by atoms with Crippen molar-refractivity contribution in [3.63, 3.8) is 0 Å². The molecule has 2 aliphatic rings. The molecule has 2 unspecified atom stereocenters. The lowest BCUT2D eigenvalue weighted by atomic mass is 10.2. The van der Waals surface area contributed by atoms with Gasteiger partial charge in [0.25, 0.3) is 5.91 Å². The molecule has 3 amide bonds. The Morgan fingerprint density at radius 3 is 2.72 bits per heavy atom. The SMILES string of the molecule is COc1c(OCCCN2CCOCC2)ccc2c3n(c(=NC(=O)c4ccc(NC(=O)NC(C)C(C)F)nc4)nc12)CCN3. The Balaban J connectivity index is 1.34. The van der Waals surface area contributed by atoms with E-state index in [1.54, 1.807) is 14.0 Å². The zero-order valence-corrected chi connectivity index (χ0v) is 24.6. The molecule has 14 heteroatoms. The number of alkyl halides is 1. The molecule has 0 aliphatic carbocycles. The topological polar surface area (TPSA) is 144 Å². The van der Waals surface area contributed by atoms with Crippen LogP contribution in [0, 0.1) is 0 Å². The summed E-state index contributed by atoms with van der Waals surface area (Å²) in [6, 6.07) is 5.53. The van der Waals surface area contributed by atoms with Gasteiger partial charge in [0, 0.05) is 44.3 Å². The van der Waals surface area contributed by atoms with Crippen LogP contribution >= 0.6 is 0 Å². The highest BCUT2D eigenvalue weighted by molar-refractivity contribution is 5.97. The molecule has 0 spiro atoms. The van der Waals surface area contributed by atoms with Crippen LogP contribution in [0.15, 0.2) is 35.5 Å². The molecule has 0 radical (unpaired) electrons. The number of ether oxygens (including phenoxy) is 3. The van der Waals surface area contributed by atoms with Crippen LogP contribution in [0.3, 0.4) is 0 Å². The first-order chi connectivity index (χ1) is 20.8. The molecule has 13 nitrogen and oxygen atoms in total. The summed E-state index contributed by atoms with van der Waals surface area (Å²) in [5.74, 6) is 1.48. The summed E-state index contributed by atoms with van der Waals surface area (Å²) in [4.78, 5) is 40.7. The molecule has 230 valence electrons. The average Bonchev–Trinajstić information content (AvgIpc) is 3.50. The minimum Gasteiger partial charge on any atom is -0.491 e. The molecular formula is C29H37FN8O5. The molecule has 1 aromatic carbocycles. The van der Waals surface area contributed by atoms with Crippen LogP contribution in [-0.4, -0.2) is 96.7 Å². The van der Waals surface area contributed by atoms with Crippen molar-refractivity contribution in [3.8, 4) is 11.5 Å². The number of pyridine rings is 1. The molecule has 0 bridgehead atoms. The van der Waals surface area contributed by atoms with E-state index in [0.29, 0.717) is 36.7 Å². The van der Waals surface area contributed by atoms with E-state index in [1.807, 2.05) is 16.7 Å². The van der Waals surface area contributed by atoms with E-state index < -0.39 is 24.2 Å². The number of methoxy groups -OCH3 is 1. The zero-order valence-electron chi connectivity index (χ0n) is 24.6. The highest BCUT2D eigenvalue weighted by Gasteiger charge is 2.21. The lowest BCUT2D eigenvalue weighted by Gasteiger charge is -2.26. The minimum absolute atomic E-state index is 0.207. The Morgan fingerprint density at radius 2 is 2.00 bits per heavy atom. The van der Waals surface area contributed by atoms with Gasteiger partial charge in [0.15, 0.2) is 11.5 Å². The lowest BCUT2D eigenvalue weighted by Crippen LogP contribution is -2.40. The second kappa shape index (κ2) is 13.8. The summed E-state index contributed by atoms with van der Waals surface area (Å²) in [7, 11) is 1.56. The van der Waals surface area contributed by atoms with Crippen molar-refractivity contribution < 1.29 is 28.2 Å². The third kappa shape index (κ3) is 7.20. The minimum atomic E-state index is -1.21. The predicted molar refractivity (Wildman–Crippen MR) is 158 cm³/mol. The van der Waals surface area contributed by atoms with Crippen LogP contribution in [0.1, 0.15) is 30.6 Å². The van der Waals surface area contributed by atoms with Crippen molar-refractivity contribution in [1.29, 1.82) is 0 Å². The Kier molecular flexibility index (Phi) is 9.67. The van der Waals surface area contributed by atoms with E-state index in [4.69, 9.17) is 19.2 Å². The van der Waals surface area contributed by atoms with Gasteiger partial charge in [0.2, 0.25) is 5.62 Å². The quantitative estimate of drug-likeness (QED) is 0.301. The highest BCUT2D eigenvalue weighted by Crippen LogP contribution is 2.37. The number of rotatable bonds is 10. The van der Waals surface area contributed by atoms with Crippen LogP contribution < -0.4 is 31.0 Å². The molecule has 2 aliphatic heterocycles. The summed E-state index contributed by atoms with van der Waals surface area (Å²) >= 11 is 0. The standard InChI is InChI=1S/C29H37FN8O5/c1-18(30)19(2)33-29(40)34-23-8-5-20(17-32-23)27(39)36-28-35-24-21(26-31-9-11-38(26)28)6-7-22(25(24)41-3)43-14-4-10-37-12-15-42-16-13-37/h5-8,17-19,31H,4,9-16H2,1-3H3,(H2,32,33,34,40). The molecule has 5 rings (SSSR count). The summed E-state index contributed by atoms with van der Waals surface area (Å²) in [6.45, 7) is 8.97. The van der Waals surface area contributed by atoms with Crippen molar-refractivity contribution in [1.82, 2.24) is 24.8 Å². The zero-order chi connectivity index (χ0) is 30.3. The first-order valence-corrected chi connectivity index (χ1v) is 14.4. The molecular weight excluding hydrogens is 559 g/mol. The van der Waals surface area contributed by atoms with Crippen LogP contribution in [-0.2, 0) is 11.3 Å². The summed E-state index contributed by atoms with van der Waals surface area (Å²) in [6.07, 6.45) is 0.966. The average molecular weight is 597 g/mol. The number of amides is 3. The molecule has 1 fully saturated rings. The number of benzene rings is 1. The number of nitrogens with zero attached hydrogens (tertiary/aromatic N) is 5. The molecule has 3 N–H and O–H groups in total. The lowest BCUT2D eigenvalue weighted by molar-refractivity contribution is 0.0357. The molecule has 3 aromatic rings. The number of aromatic nitrogens is 3. The number of anilines is 2. The monoisotopic (exact) mass is 596 g/mol. The second-order valence-corrected chi connectivity index (χ2v) is 10.4. The fraction of sp³-hybridized carbons (Fsp3) is 0.483. The van der Waals surface area contributed by atoms with E-state index in [0.717, 1.165) is 50.5 Å². The Hall–Kier alpha value is -4.30. The summed E-state index contributed by atoms with van der Waals surface area (Å²) < 4.78 is 32.4. The fourth-order valence-electron chi connectivity index (χ4n) is 4.86. The van der Waals surface area contributed by atoms with Crippen molar-refractivity contribution in [3.05, 3.63) is 41.6 Å². The number of urea groups is 1. The van der Waals surface area contributed by atoms with Gasteiger partial charge in [0.1, 0.15) is 23.3 Å². The summed E-state index contributed by atoms with van der Waals surface area (Å²) in [5.41, 5.74) is 0.959. The highest BCUT2D eigenvalue weighted by atomic mass is 19.1. The van der Waals surface area contributed by atoms with Gasteiger partial charge >= 0.3 is 6.03 Å². The van der Waals surface area contributed by atoms with Crippen LogP contribution in [0.4, 0.5) is 20.8 Å². The Bertz CT molecular complexity index is 1520. The van der Waals surface area contributed by atoms with E-state index in [-0.39, 0.29) is 17.0 Å². The van der Waals surface area contributed by atoms with Gasteiger partial charge in [-0.15, -0.1) is 0 Å². The maximum Gasteiger partial charge on any atom is 0.320 e. The van der Waals surface area contributed by atoms with E-state index >= 15 is 0 Å². The number of morpholine rings is 1. The maximum atomic E-state index is 13.3. The van der Waals surface area contributed by atoms with Crippen molar-refractivity contribution in [2.24, 2.45) is 4.99 Å². The van der Waals surface area contributed by atoms with Gasteiger partial charge in [-0.1, -0.05) is 0 Å². The van der Waals surface area contributed by atoms with Crippen molar-refractivity contribution >= 4 is 34.5 Å². The molecule has 2 aromatic heterocycles. The van der Waals surface area contributed by atoms with E-state index in [1.165, 1.54) is 25.3 Å². The van der Waals surface area contributed by atoms with Gasteiger partial charge in [-0.2, -0.15) is 4.99 Å². The maximum absolute atomic E-state index is 13.3. The summed E-state index contributed by atoms with van der Waals surface area (Å²) in [5, 5.41) is 9.19. The molecule has 2 atom stereocenters. The molecule has 43 heavy (non-hydrogen) atoms. The smallest absolute Gasteiger partial charge is 0.320 e. The van der Waals surface area contributed by atoms with E-state index in [9.17, 15) is 14.0 Å². The number of hydrogen-bond donors (Lipinski definition) is 3. The largest absolute Gasteiger partial charge is 0.491 e. The number of hydrogen-bond acceptors (Lipinski definition) is 9. The Morgan fingerprint density at radius 1 is 1.19 bits per heavy atom. The third-order valence-corrected chi connectivity index (χ3v) is 7.39. The first-order valence-electron chi connectivity index (χ1n) is 14.4. The van der Waals surface area contributed by atoms with Crippen LogP contribution in [0.2, 0.25) is 0 Å². The van der Waals surface area contributed by atoms with Crippen molar-refractivity contribution in [2.75, 3.05) is 63.7 Å². The van der Waals surface area contributed by atoms with Crippen LogP contribution in [0.25, 0.3) is 10.9 Å². The van der Waals surface area contributed by atoms with Gasteiger partial charge in [-0.3, -0.25) is 19.6 Å². The van der Waals surface area contributed by atoms with Gasteiger partial charge < -0.3 is 24.8 Å². The van der Waals surface area contributed by atoms with Gasteiger partial charge in [-0.25, -0.2) is 19.2 Å². The number of carbonyl (C=O) groups is 2. The second-order valence-electron chi connectivity index (χ2n) is 10.4. The van der Waals surface area contributed by atoms with Crippen molar-refractivity contribution in [2.45, 2.75) is 39.0 Å². The normalized spacial score (nSPS) is 16.7. The van der Waals surface area contributed by atoms with Crippen LogP contribution in [0.5, 0.6) is 11.5 Å².